The van der Waals surface area contributed by atoms with Crippen molar-refractivity contribution >= 4 is 31.6 Å². The first-order valence-corrected chi connectivity index (χ1v) is 8.78. The molecule has 0 radical (unpaired) electrons. The Morgan fingerprint density at radius 1 is 1.14 bits per heavy atom. The maximum atomic E-state index is 12.4. The molecule has 0 unspecified atom stereocenters. The van der Waals surface area contributed by atoms with Gasteiger partial charge in [0.05, 0.1) is 10.6 Å². The molecule has 0 saturated heterocycles. The van der Waals surface area contributed by atoms with E-state index in [2.05, 4.69) is 20.7 Å². The molecule has 0 bridgehead atoms. The Hall–Kier alpha value is -1.37. The quantitative estimate of drug-likeness (QED) is 0.851. The van der Waals surface area contributed by atoms with Crippen LogP contribution in [0.5, 0.6) is 0 Å². The van der Waals surface area contributed by atoms with Crippen LogP contribution >= 0.6 is 15.9 Å². The lowest BCUT2D eigenvalue weighted by atomic mass is 10.2. The summed E-state index contributed by atoms with van der Waals surface area (Å²) < 4.78 is 28.2. The summed E-state index contributed by atoms with van der Waals surface area (Å²) >= 11 is 3.39. The summed E-state index contributed by atoms with van der Waals surface area (Å²) in [4.78, 5) is 0.239. The third kappa shape index (κ3) is 3.84. The Bertz CT molecular complexity index is 728. The molecule has 0 aliphatic heterocycles. The first-order valence-electron chi connectivity index (χ1n) is 6.51. The highest BCUT2D eigenvalue weighted by Crippen LogP contribution is 2.25. The minimum Gasteiger partial charge on any atom is -0.330 e. The zero-order valence-electron chi connectivity index (χ0n) is 11.6. The molecule has 0 aliphatic carbocycles. The summed E-state index contributed by atoms with van der Waals surface area (Å²) in [5.74, 6) is 0. The van der Waals surface area contributed by atoms with E-state index in [0.717, 1.165) is 22.0 Å². The molecule has 0 saturated carbocycles. The van der Waals surface area contributed by atoms with Crippen LogP contribution in [0.25, 0.3) is 0 Å². The fourth-order valence-corrected chi connectivity index (χ4v) is 3.41. The Kier molecular flexibility index (Phi) is 5.03. The average molecular weight is 369 g/mol. The first-order chi connectivity index (χ1) is 9.94. The molecule has 0 aromatic heterocycles. The van der Waals surface area contributed by atoms with Crippen molar-refractivity contribution in [1.29, 1.82) is 0 Å². The van der Waals surface area contributed by atoms with Crippen LogP contribution in [-0.2, 0) is 16.4 Å². The highest BCUT2D eigenvalue weighted by molar-refractivity contribution is 9.10. The molecule has 2 aromatic carbocycles. The SMILES string of the molecule is Cc1c(Br)cccc1NS(=O)(=O)c1ccc(CCN)cc1. The van der Waals surface area contributed by atoms with Crippen LogP contribution in [0, 0.1) is 6.92 Å². The lowest BCUT2D eigenvalue weighted by molar-refractivity contribution is 0.601. The number of rotatable bonds is 5. The number of halogens is 1. The van der Waals surface area contributed by atoms with Crippen molar-refractivity contribution in [2.45, 2.75) is 18.2 Å². The zero-order chi connectivity index (χ0) is 15.5. The van der Waals surface area contributed by atoms with Gasteiger partial charge in [0, 0.05) is 4.47 Å². The van der Waals surface area contributed by atoms with E-state index in [-0.39, 0.29) is 4.90 Å². The second-order valence-corrected chi connectivity index (χ2v) is 7.24. The maximum Gasteiger partial charge on any atom is 0.261 e. The zero-order valence-corrected chi connectivity index (χ0v) is 14.0. The van der Waals surface area contributed by atoms with Gasteiger partial charge in [-0.25, -0.2) is 8.42 Å². The minimum absolute atomic E-state index is 0.239. The standard InChI is InChI=1S/C15H17BrN2O2S/c1-11-14(16)3-2-4-15(11)18-21(19,20)13-7-5-12(6-8-13)9-10-17/h2-8,18H,9-10,17H2,1H3. The molecule has 0 atom stereocenters. The van der Waals surface area contributed by atoms with E-state index in [1.54, 1.807) is 36.4 Å². The van der Waals surface area contributed by atoms with Crippen molar-refractivity contribution in [3.8, 4) is 0 Å². The first kappa shape index (κ1) is 16.0. The third-order valence-electron chi connectivity index (χ3n) is 3.18. The predicted octanol–water partition coefficient (Wildman–Crippen LogP) is 3.06. The Morgan fingerprint density at radius 3 is 2.43 bits per heavy atom. The van der Waals surface area contributed by atoms with E-state index in [1.807, 2.05) is 13.0 Å². The number of anilines is 1. The van der Waals surface area contributed by atoms with E-state index in [0.29, 0.717) is 12.2 Å². The van der Waals surface area contributed by atoms with Crippen molar-refractivity contribution < 1.29 is 8.42 Å². The Morgan fingerprint density at radius 2 is 1.81 bits per heavy atom. The van der Waals surface area contributed by atoms with Crippen LogP contribution in [0.2, 0.25) is 0 Å². The predicted molar refractivity (Wildman–Crippen MR) is 88.9 cm³/mol. The Balaban J connectivity index is 2.27. The minimum atomic E-state index is -3.59. The van der Waals surface area contributed by atoms with Crippen LogP contribution < -0.4 is 10.5 Å². The maximum absolute atomic E-state index is 12.4. The van der Waals surface area contributed by atoms with Crippen molar-refractivity contribution in [3.05, 3.63) is 58.1 Å². The molecule has 4 nitrogen and oxygen atoms in total. The van der Waals surface area contributed by atoms with Gasteiger partial charge in [-0.1, -0.05) is 34.1 Å². The second-order valence-electron chi connectivity index (χ2n) is 4.70. The molecule has 0 heterocycles. The van der Waals surface area contributed by atoms with Crippen LogP contribution in [0.3, 0.4) is 0 Å². The molecule has 2 aromatic rings. The summed E-state index contributed by atoms with van der Waals surface area (Å²) in [5, 5.41) is 0. The van der Waals surface area contributed by atoms with Gasteiger partial charge in [0.2, 0.25) is 0 Å². The summed E-state index contributed by atoms with van der Waals surface area (Å²) in [6, 6.07) is 12.2. The lowest BCUT2D eigenvalue weighted by Gasteiger charge is -2.12. The van der Waals surface area contributed by atoms with E-state index in [1.165, 1.54) is 0 Å². The lowest BCUT2D eigenvalue weighted by Crippen LogP contribution is -2.14. The van der Waals surface area contributed by atoms with E-state index in [4.69, 9.17) is 5.73 Å². The summed E-state index contributed by atoms with van der Waals surface area (Å²) in [7, 11) is -3.59. The van der Waals surface area contributed by atoms with Gasteiger partial charge in [-0.3, -0.25) is 4.72 Å². The van der Waals surface area contributed by atoms with E-state index >= 15 is 0 Å². The van der Waals surface area contributed by atoms with Crippen LogP contribution in [-0.4, -0.2) is 15.0 Å². The van der Waals surface area contributed by atoms with Gasteiger partial charge in [0.15, 0.2) is 0 Å². The van der Waals surface area contributed by atoms with Crippen LogP contribution in [0.15, 0.2) is 51.8 Å². The molecule has 6 heteroatoms. The normalized spacial score (nSPS) is 11.4. The van der Waals surface area contributed by atoms with Gasteiger partial charge in [-0.2, -0.15) is 0 Å². The van der Waals surface area contributed by atoms with Gasteiger partial charge in [0.1, 0.15) is 0 Å². The summed E-state index contributed by atoms with van der Waals surface area (Å²) in [6.07, 6.45) is 0.735. The average Bonchev–Trinajstić information content (AvgIpc) is 2.45. The van der Waals surface area contributed by atoms with Crippen molar-refractivity contribution in [3.63, 3.8) is 0 Å². The van der Waals surface area contributed by atoms with Crippen molar-refractivity contribution in [2.75, 3.05) is 11.3 Å². The molecule has 2 rings (SSSR count). The fourth-order valence-electron chi connectivity index (χ4n) is 1.92. The van der Waals surface area contributed by atoms with Gasteiger partial charge in [-0.15, -0.1) is 0 Å². The molecular formula is C15H17BrN2O2S. The Labute approximate surface area is 133 Å². The topological polar surface area (TPSA) is 72.2 Å². The second kappa shape index (κ2) is 6.60. The molecule has 3 N–H and O–H groups in total. The van der Waals surface area contributed by atoms with E-state index in [9.17, 15) is 8.42 Å². The van der Waals surface area contributed by atoms with Gasteiger partial charge < -0.3 is 5.73 Å². The van der Waals surface area contributed by atoms with Gasteiger partial charge in [-0.05, 0) is 55.3 Å². The van der Waals surface area contributed by atoms with Crippen LogP contribution in [0.1, 0.15) is 11.1 Å². The van der Waals surface area contributed by atoms with E-state index < -0.39 is 10.0 Å². The molecule has 0 aliphatic rings. The molecule has 0 spiro atoms. The smallest absolute Gasteiger partial charge is 0.261 e. The summed E-state index contributed by atoms with van der Waals surface area (Å²) in [6.45, 7) is 2.40. The largest absolute Gasteiger partial charge is 0.330 e. The number of benzene rings is 2. The number of nitrogens with two attached hydrogens (primary N) is 1. The molecular weight excluding hydrogens is 352 g/mol. The number of sulfonamides is 1. The number of nitrogens with one attached hydrogen (secondary N) is 1. The summed E-state index contributed by atoms with van der Waals surface area (Å²) in [5.41, 5.74) is 7.92. The van der Waals surface area contributed by atoms with Gasteiger partial charge >= 0.3 is 0 Å². The van der Waals surface area contributed by atoms with Crippen molar-refractivity contribution in [2.24, 2.45) is 5.73 Å². The molecule has 112 valence electrons. The third-order valence-corrected chi connectivity index (χ3v) is 5.42. The van der Waals surface area contributed by atoms with Crippen molar-refractivity contribution in [1.82, 2.24) is 0 Å². The fraction of sp³-hybridized carbons (Fsp3) is 0.200. The highest BCUT2D eigenvalue weighted by Gasteiger charge is 2.15. The number of hydrogen-bond acceptors (Lipinski definition) is 3. The van der Waals surface area contributed by atoms with Crippen LogP contribution in [0.4, 0.5) is 5.69 Å². The monoisotopic (exact) mass is 368 g/mol. The molecule has 21 heavy (non-hydrogen) atoms. The van der Waals surface area contributed by atoms with Gasteiger partial charge in [0.25, 0.3) is 10.0 Å². The highest BCUT2D eigenvalue weighted by atomic mass is 79.9. The molecule has 0 amide bonds. The number of hydrogen-bond donors (Lipinski definition) is 2. The molecule has 0 fully saturated rings.